The zero-order valence-electron chi connectivity index (χ0n) is 11.9. The summed E-state index contributed by atoms with van der Waals surface area (Å²) in [6, 6.07) is 6.13. The van der Waals surface area contributed by atoms with Crippen LogP contribution in [0.25, 0.3) is 0 Å². The number of benzene rings is 1. The molecule has 1 unspecified atom stereocenters. The predicted octanol–water partition coefficient (Wildman–Crippen LogP) is 4.95. The van der Waals surface area contributed by atoms with Crippen molar-refractivity contribution >= 4 is 11.6 Å². The van der Waals surface area contributed by atoms with Gasteiger partial charge in [-0.05, 0) is 49.1 Å². The van der Waals surface area contributed by atoms with Crippen LogP contribution in [0.4, 0.5) is 0 Å². The van der Waals surface area contributed by atoms with E-state index < -0.39 is 0 Å². The number of hydrogen-bond donors (Lipinski definition) is 1. The van der Waals surface area contributed by atoms with E-state index in [0.717, 1.165) is 24.0 Å². The van der Waals surface area contributed by atoms with Crippen LogP contribution >= 0.6 is 11.6 Å². The first-order chi connectivity index (χ1) is 8.67. The molecule has 0 radical (unpaired) electrons. The van der Waals surface area contributed by atoms with Crippen molar-refractivity contribution in [2.45, 2.75) is 53.0 Å². The van der Waals surface area contributed by atoms with Crippen molar-refractivity contribution in [2.24, 2.45) is 5.92 Å². The van der Waals surface area contributed by atoms with Crippen LogP contribution in [-0.4, -0.2) is 6.54 Å². The lowest BCUT2D eigenvalue weighted by atomic mass is 9.99. The van der Waals surface area contributed by atoms with Crippen molar-refractivity contribution in [3.63, 3.8) is 0 Å². The third kappa shape index (κ3) is 5.41. The molecule has 0 aliphatic heterocycles. The summed E-state index contributed by atoms with van der Waals surface area (Å²) in [5.41, 5.74) is 2.63. The van der Waals surface area contributed by atoms with E-state index in [4.69, 9.17) is 11.6 Å². The average molecular weight is 268 g/mol. The van der Waals surface area contributed by atoms with Crippen LogP contribution in [-0.2, 0) is 6.54 Å². The van der Waals surface area contributed by atoms with Gasteiger partial charge in [-0.15, -0.1) is 0 Å². The van der Waals surface area contributed by atoms with Crippen LogP contribution in [0.5, 0.6) is 0 Å². The molecule has 0 saturated carbocycles. The lowest BCUT2D eigenvalue weighted by molar-refractivity contribution is 0.419. The molecular weight excluding hydrogens is 242 g/mol. The third-order valence-corrected chi connectivity index (χ3v) is 3.83. The van der Waals surface area contributed by atoms with Gasteiger partial charge in [-0.2, -0.15) is 0 Å². The van der Waals surface area contributed by atoms with Gasteiger partial charge in [-0.1, -0.05) is 50.8 Å². The Morgan fingerprint density at radius 2 is 2.06 bits per heavy atom. The Balaban J connectivity index is 2.35. The summed E-state index contributed by atoms with van der Waals surface area (Å²) in [6.45, 7) is 8.74. The second-order valence-corrected chi connectivity index (χ2v) is 5.55. The van der Waals surface area contributed by atoms with Crippen molar-refractivity contribution in [2.75, 3.05) is 6.54 Å². The quantitative estimate of drug-likeness (QED) is 0.702. The number of rotatable bonds is 8. The van der Waals surface area contributed by atoms with Crippen molar-refractivity contribution in [3.8, 4) is 0 Å². The number of aryl methyl sites for hydroxylation is 1. The van der Waals surface area contributed by atoms with Crippen LogP contribution in [0.3, 0.4) is 0 Å². The minimum atomic E-state index is 0.817. The van der Waals surface area contributed by atoms with Gasteiger partial charge in [0.05, 0.1) is 0 Å². The molecule has 0 aliphatic carbocycles. The number of nitrogens with one attached hydrogen (secondary N) is 1. The Hall–Kier alpha value is -0.530. The molecule has 18 heavy (non-hydrogen) atoms. The first kappa shape index (κ1) is 15.5. The molecule has 102 valence electrons. The van der Waals surface area contributed by atoms with Crippen LogP contribution in [0, 0.1) is 12.8 Å². The Morgan fingerprint density at radius 3 is 2.67 bits per heavy atom. The van der Waals surface area contributed by atoms with Gasteiger partial charge in [0, 0.05) is 11.6 Å². The molecule has 0 fully saturated rings. The highest BCUT2D eigenvalue weighted by Gasteiger charge is 2.05. The molecule has 0 aliphatic rings. The van der Waals surface area contributed by atoms with Crippen molar-refractivity contribution in [1.82, 2.24) is 5.32 Å². The molecule has 0 heterocycles. The van der Waals surface area contributed by atoms with Crippen molar-refractivity contribution < 1.29 is 0 Å². The van der Waals surface area contributed by atoms with Gasteiger partial charge < -0.3 is 5.32 Å². The third-order valence-electron chi connectivity index (χ3n) is 3.60. The molecule has 1 aromatic rings. The van der Waals surface area contributed by atoms with Gasteiger partial charge in [0.1, 0.15) is 0 Å². The Labute approximate surface area is 117 Å². The van der Waals surface area contributed by atoms with Gasteiger partial charge in [-0.3, -0.25) is 0 Å². The molecule has 0 aromatic heterocycles. The Bertz CT molecular complexity index is 349. The van der Waals surface area contributed by atoms with E-state index in [9.17, 15) is 0 Å². The fourth-order valence-corrected chi connectivity index (χ4v) is 2.44. The minimum Gasteiger partial charge on any atom is -0.312 e. The lowest BCUT2D eigenvalue weighted by Gasteiger charge is -2.16. The van der Waals surface area contributed by atoms with Crippen LogP contribution in [0.1, 0.15) is 50.7 Å². The van der Waals surface area contributed by atoms with E-state index in [-0.39, 0.29) is 0 Å². The van der Waals surface area contributed by atoms with Crippen LogP contribution < -0.4 is 5.32 Å². The summed E-state index contributed by atoms with van der Waals surface area (Å²) < 4.78 is 0. The molecular formula is C16H26ClN. The number of hydrogen-bond acceptors (Lipinski definition) is 1. The average Bonchev–Trinajstić information content (AvgIpc) is 2.36. The molecule has 1 aromatic carbocycles. The second-order valence-electron chi connectivity index (χ2n) is 5.12. The maximum Gasteiger partial charge on any atom is 0.0408 e. The first-order valence-corrected chi connectivity index (χ1v) is 7.50. The number of unbranched alkanes of at least 4 members (excludes halogenated alkanes) is 1. The van der Waals surface area contributed by atoms with Crippen molar-refractivity contribution in [1.29, 1.82) is 0 Å². The highest BCUT2D eigenvalue weighted by Crippen LogP contribution is 2.16. The second kappa shape index (κ2) is 8.55. The summed E-state index contributed by atoms with van der Waals surface area (Å²) in [5.74, 6) is 0.817. The topological polar surface area (TPSA) is 12.0 Å². The van der Waals surface area contributed by atoms with E-state index in [0.29, 0.717) is 0 Å². The fourth-order valence-electron chi connectivity index (χ4n) is 2.21. The SMILES string of the molecule is CCCCC(CC)CNCc1ccc(Cl)cc1C. The zero-order chi connectivity index (χ0) is 13.4. The highest BCUT2D eigenvalue weighted by molar-refractivity contribution is 6.30. The molecule has 2 heteroatoms. The van der Waals surface area contributed by atoms with Gasteiger partial charge in [0.15, 0.2) is 0 Å². The molecule has 0 spiro atoms. The van der Waals surface area contributed by atoms with Gasteiger partial charge >= 0.3 is 0 Å². The summed E-state index contributed by atoms with van der Waals surface area (Å²) in [6.07, 6.45) is 5.26. The monoisotopic (exact) mass is 267 g/mol. The molecule has 0 amide bonds. The van der Waals surface area contributed by atoms with E-state index in [2.05, 4.69) is 32.2 Å². The number of halogens is 1. The van der Waals surface area contributed by atoms with Gasteiger partial charge in [-0.25, -0.2) is 0 Å². The highest BCUT2D eigenvalue weighted by atomic mass is 35.5. The standard InChI is InChI=1S/C16H26ClN/c1-4-6-7-14(5-2)11-18-12-15-8-9-16(17)10-13(15)3/h8-10,14,18H,4-7,11-12H2,1-3H3. The first-order valence-electron chi connectivity index (χ1n) is 7.13. The molecule has 1 atom stereocenters. The normalized spacial score (nSPS) is 12.7. The maximum atomic E-state index is 5.96. The molecule has 0 saturated heterocycles. The summed E-state index contributed by atoms with van der Waals surface area (Å²) in [5, 5.41) is 4.40. The van der Waals surface area contributed by atoms with Crippen LogP contribution in [0.2, 0.25) is 5.02 Å². The molecule has 1 rings (SSSR count). The Morgan fingerprint density at radius 1 is 1.28 bits per heavy atom. The summed E-state index contributed by atoms with van der Waals surface area (Å²) >= 11 is 5.96. The van der Waals surface area contributed by atoms with Gasteiger partial charge in [0.25, 0.3) is 0 Å². The van der Waals surface area contributed by atoms with Gasteiger partial charge in [0.2, 0.25) is 0 Å². The largest absolute Gasteiger partial charge is 0.312 e. The zero-order valence-corrected chi connectivity index (χ0v) is 12.7. The Kier molecular flexibility index (Phi) is 7.38. The maximum absolute atomic E-state index is 5.96. The van der Waals surface area contributed by atoms with E-state index >= 15 is 0 Å². The minimum absolute atomic E-state index is 0.817. The van der Waals surface area contributed by atoms with Crippen molar-refractivity contribution in [3.05, 3.63) is 34.3 Å². The predicted molar refractivity (Wildman–Crippen MR) is 81.2 cm³/mol. The fraction of sp³-hybridized carbons (Fsp3) is 0.625. The smallest absolute Gasteiger partial charge is 0.0408 e. The lowest BCUT2D eigenvalue weighted by Crippen LogP contribution is -2.22. The van der Waals surface area contributed by atoms with E-state index in [1.807, 2.05) is 12.1 Å². The van der Waals surface area contributed by atoms with E-state index in [1.54, 1.807) is 0 Å². The van der Waals surface area contributed by atoms with Crippen LogP contribution in [0.15, 0.2) is 18.2 Å². The summed E-state index contributed by atoms with van der Waals surface area (Å²) in [7, 11) is 0. The van der Waals surface area contributed by atoms with E-state index in [1.165, 1.54) is 36.8 Å². The summed E-state index contributed by atoms with van der Waals surface area (Å²) in [4.78, 5) is 0. The molecule has 1 nitrogen and oxygen atoms in total. The molecule has 0 bridgehead atoms. The molecule has 1 N–H and O–H groups in total.